The summed E-state index contributed by atoms with van der Waals surface area (Å²) in [6.07, 6.45) is 0. The molecule has 3 rings (SSSR count). The predicted molar refractivity (Wildman–Crippen MR) is 80.6 cm³/mol. The van der Waals surface area contributed by atoms with Gasteiger partial charge >= 0.3 is 0 Å². The number of hydrogen-bond donors (Lipinski definition) is 3. The largest absolute Gasteiger partial charge is 0.504 e. The highest BCUT2D eigenvalue weighted by atomic mass is 79.9. The van der Waals surface area contributed by atoms with Crippen molar-refractivity contribution < 1.29 is 19.7 Å². The molecule has 0 atom stereocenters. The van der Waals surface area contributed by atoms with E-state index in [4.69, 9.17) is 4.42 Å². The van der Waals surface area contributed by atoms with Gasteiger partial charge in [0, 0.05) is 10.0 Å². The minimum absolute atomic E-state index is 0.0647. The predicted octanol–water partition coefficient (Wildman–Crippen LogP) is 3.34. The summed E-state index contributed by atoms with van der Waals surface area (Å²) in [7, 11) is 0. The number of phenolic OH excluding ortho intramolecular Hbond substituents is 2. The van der Waals surface area contributed by atoms with Crippen molar-refractivity contribution in [2.45, 2.75) is 0 Å². The van der Waals surface area contributed by atoms with Crippen LogP contribution in [0.5, 0.6) is 17.2 Å². The van der Waals surface area contributed by atoms with Crippen LogP contribution in [-0.4, -0.2) is 15.3 Å². The summed E-state index contributed by atoms with van der Waals surface area (Å²) in [5.74, 6) is -1.29. The number of benzene rings is 2. The number of hydrogen-bond acceptors (Lipinski definition) is 5. The Morgan fingerprint density at radius 1 is 0.952 bits per heavy atom. The van der Waals surface area contributed by atoms with Gasteiger partial charge in [0.05, 0.1) is 5.39 Å². The van der Waals surface area contributed by atoms with Crippen molar-refractivity contribution >= 4 is 26.9 Å². The van der Waals surface area contributed by atoms with Gasteiger partial charge in [-0.3, -0.25) is 4.79 Å². The molecule has 6 heteroatoms. The molecule has 0 saturated heterocycles. The fourth-order valence-electron chi connectivity index (χ4n) is 2.02. The molecule has 0 bridgehead atoms. The van der Waals surface area contributed by atoms with Crippen molar-refractivity contribution in [2.75, 3.05) is 0 Å². The first kappa shape index (κ1) is 13.5. The molecule has 0 spiro atoms. The van der Waals surface area contributed by atoms with Crippen LogP contribution < -0.4 is 5.43 Å². The molecule has 0 fully saturated rings. The maximum absolute atomic E-state index is 12.2. The van der Waals surface area contributed by atoms with Crippen LogP contribution in [0, 0.1) is 0 Å². The molecule has 0 aliphatic carbocycles. The molecule has 1 heterocycles. The zero-order valence-electron chi connectivity index (χ0n) is 10.5. The van der Waals surface area contributed by atoms with Gasteiger partial charge in [-0.1, -0.05) is 15.9 Å². The molecule has 3 N–H and O–H groups in total. The maximum atomic E-state index is 12.2. The van der Waals surface area contributed by atoms with Crippen molar-refractivity contribution in [1.82, 2.24) is 0 Å². The third kappa shape index (κ3) is 2.23. The molecular weight excluding hydrogens is 340 g/mol. The molecule has 3 aromatic rings. The first-order valence-electron chi connectivity index (χ1n) is 5.95. The van der Waals surface area contributed by atoms with Gasteiger partial charge in [0.25, 0.3) is 0 Å². The van der Waals surface area contributed by atoms with Crippen LogP contribution in [0.4, 0.5) is 0 Å². The smallest absolute Gasteiger partial charge is 0.235 e. The topological polar surface area (TPSA) is 90.9 Å². The van der Waals surface area contributed by atoms with E-state index in [1.807, 2.05) is 0 Å². The van der Waals surface area contributed by atoms with Crippen LogP contribution in [0.15, 0.2) is 50.1 Å². The average Bonchev–Trinajstić information content (AvgIpc) is 2.46. The Hall–Kier alpha value is -2.47. The molecule has 0 radical (unpaired) electrons. The van der Waals surface area contributed by atoms with E-state index in [9.17, 15) is 20.1 Å². The van der Waals surface area contributed by atoms with Gasteiger partial charge in [-0.05, 0) is 36.4 Å². The summed E-state index contributed by atoms with van der Waals surface area (Å²) in [6, 6.07) is 8.75. The normalized spacial score (nSPS) is 10.9. The minimum Gasteiger partial charge on any atom is -0.504 e. The van der Waals surface area contributed by atoms with Gasteiger partial charge in [0.2, 0.25) is 11.2 Å². The fourth-order valence-corrected chi connectivity index (χ4v) is 2.38. The third-order valence-corrected chi connectivity index (χ3v) is 3.56. The monoisotopic (exact) mass is 348 g/mol. The lowest BCUT2D eigenvalue weighted by molar-refractivity contribution is 0.403. The van der Waals surface area contributed by atoms with Gasteiger partial charge in [-0.15, -0.1) is 0 Å². The van der Waals surface area contributed by atoms with E-state index in [-0.39, 0.29) is 28.2 Å². The van der Waals surface area contributed by atoms with Crippen LogP contribution in [0.1, 0.15) is 0 Å². The van der Waals surface area contributed by atoms with Gasteiger partial charge in [0.1, 0.15) is 5.58 Å². The molecule has 0 aliphatic heterocycles. The second kappa shape index (κ2) is 4.82. The Morgan fingerprint density at radius 3 is 2.43 bits per heavy atom. The molecule has 106 valence electrons. The average molecular weight is 349 g/mol. The number of phenols is 2. The maximum Gasteiger partial charge on any atom is 0.235 e. The van der Waals surface area contributed by atoms with Crippen LogP contribution >= 0.6 is 15.9 Å². The molecule has 0 aliphatic rings. The van der Waals surface area contributed by atoms with Crippen LogP contribution in [0.2, 0.25) is 0 Å². The van der Waals surface area contributed by atoms with Gasteiger partial charge in [0.15, 0.2) is 17.3 Å². The van der Waals surface area contributed by atoms with Crippen molar-refractivity contribution in [3.05, 3.63) is 51.1 Å². The van der Waals surface area contributed by atoms with Crippen LogP contribution in [0.25, 0.3) is 22.3 Å². The van der Waals surface area contributed by atoms with E-state index >= 15 is 0 Å². The highest BCUT2D eigenvalue weighted by Gasteiger charge is 2.16. The highest BCUT2D eigenvalue weighted by molar-refractivity contribution is 9.10. The van der Waals surface area contributed by atoms with Gasteiger partial charge in [-0.2, -0.15) is 0 Å². The SMILES string of the molecule is O=c1c(O)c(-c2ccc(O)c(O)c2)oc2ccc(Br)cc12. The van der Waals surface area contributed by atoms with E-state index in [1.165, 1.54) is 18.2 Å². The summed E-state index contributed by atoms with van der Waals surface area (Å²) in [5, 5.41) is 29.1. The molecule has 0 saturated carbocycles. The fraction of sp³-hybridized carbons (Fsp3) is 0. The molecule has 1 aromatic heterocycles. The second-order valence-electron chi connectivity index (χ2n) is 4.45. The Balaban J connectivity index is 2.33. The minimum atomic E-state index is -0.569. The van der Waals surface area contributed by atoms with Gasteiger partial charge < -0.3 is 19.7 Å². The molecule has 21 heavy (non-hydrogen) atoms. The Labute approximate surface area is 126 Å². The summed E-state index contributed by atoms with van der Waals surface area (Å²) in [4.78, 5) is 12.2. The lowest BCUT2D eigenvalue weighted by atomic mass is 10.1. The van der Waals surface area contributed by atoms with Crippen molar-refractivity contribution in [1.29, 1.82) is 0 Å². The lowest BCUT2D eigenvalue weighted by Crippen LogP contribution is -2.02. The first-order valence-corrected chi connectivity index (χ1v) is 6.74. The zero-order valence-corrected chi connectivity index (χ0v) is 12.1. The third-order valence-electron chi connectivity index (χ3n) is 3.07. The number of aromatic hydroxyl groups is 3. The zero-order chi connectivity index (χ0) is 15.1. The van der Waals surface area contributed by atoms with Crippen molar-refractivity contribution in [3.8, 4) is 28.6 Å². The summed E-state index contributed by atoms with van der Waals surface area (Å²) >= 11 is 3.25. The van der Waals surface area contributed by atoms with E-state index in [2.05, 4.69) is 15.9 Å². The summed E-state index contributed by atoms with van der Waals surface area (Å²) in [5.41, 5.74) is 0.0217. The van der Waals surface area contributed by atoms with E-state index in [0.717, 1.165) is 0 Å². The van der Waals surface area contributed by atoms with Crippen LogP contribution in [0.3, 0.4) is 0 Å². The number of rotatable bonds is 1. The van der Waals surface area contributed by atoms with Crippen LogP contribution in [-0.2, 0) is 0 Å². The summed E-state index contributed by atoms with van der Waals surface area (Å²) in [6.45, 7) is 0. The van der Waals surface area contributed by atoms with E-state index in [1.54, 1.807) is 18.2 Å². The quantitative estimate of drug-likeness (QED) is 0.586. The van der Waals surface area contributed by atoms with Gasteiger partial charge in [-0.25, -0.2) is 0 Å². The summed E-state index contributed by atoms with van der Waals surface area (Å²) < 4.78 is 6.24. The standard InChI is InChI=1S/C15H9BrO5/c16-8-2-4-12-9(6-8)13(19)14(20)15(21-12)7-1-3-10(17)11(18)5-7/h1-6,17-18,20H. The number of halogens is 1. The van der Waals surface area contributed by atoms with Crippen molar-refractivity contribution in [2.24, 2.45) is 0 Å². The molecule has 0 amide bonds. The second-order valence-corrected chi connectivity index (χ2v) is 5.37. The lowest BCUT2D eigenvalue weighted by Gasteiger charge is -2.07. The van der Waals surface area contributed by atoms with Crippen molar-refractivity contribution in [3.63, 3.8) is 0 Å². The molecule has 0 unspecified atom stereocenters. The van der Waals surface area contributed by atoms with E-state index in [0.29, 0.717) is 10.1 Å². The number of fused-ring (bicyclic) bond motifs is 1. The molecular formula is C15H9BrO5. The molecule has 2 aromatic carbocycles. The Kier molecular flexibility index (Phi) is 3.10. The first-order chi connectivity index (χ1) is 9.97. The highest BCUT2D eigenvalue weighted by Crippen LogP contribution is 2.35. The van der Waals surface area contributed by atoms with E-state index < -0.39 is 11.2 Å². The Bertz CT molecular complexity index is 914. The Morgan fingerprint density at radius 2 is 1.71 bits per heavy atom. The molecule has 5 nitrogen and oxygen atoms in total.